The van der Waals surface area contributed by atoms with E-state index in [9.17, 15) is 14.3 Å². The summed E-state index contributed by atoms with van der Waals surface area (Å²) in [7, 11) is 1.67. The smallest absolute Gasteiger partial charge is 0.457 e. The van der Waals surface area contributed by atoms with E-state index < -0.39 is 13.9 Å². The van der Waals surface area contributed by atoms with Gasteiger partial charge in [-0.1, -0.05) is 179 Å². The molecule has 0 heterocycles. The zero-order valence-corrected chi connectivity index (χ0v) is 39.9. The Kier molecular flexibility index (Phi) is 41.9. The minimum absolute atomic E-state index is 0.0885. The summed E-state index contributed by atoms with van der Waals surface area (Å²) < 4.78 is 35.1. The lowest BCUT2D eigenvalue weighted by atomic mass is 10.1. The Balaban J connectivity index is 4.15. The van der Waals surface area contributed by atoms with E-state index in [-0.39, 0.29) is 25.8 Å². The minimum Gasteiger partial charge on any atom is -0.457 e. The number of unbranched alkanes of at least 4 members (excludes halogenated alkanes) is 28. The molecule has 0 bridgehead atoms. The molecule has 0 fully saturated rings. The van der Waals surface area contributed by atoms with E-state index in [4.69, 9.17) is 18.5 Å². The number of phosphoric ester groups is 1. The third-order valence-electron chi connectivity index (χ3n) is 10.7. The number of rotatable bonds is 46. The van der Waals surface area contributed by atoms with Gasteiger partial charge in [0.05, 0.1) is 34.4 Å². The van der Waals surface area contributed by atoms with E-state index in [1.54, 1.807) is 0 Å². The Hall–Kier alpha value is -1.02. The first-order valence-electron chi connectivity index (χ1n) is 24.6. The van der Waals surface area contributed by atoms with Crippen LogP contribution in [-0.4, -0.2) is 75.6 Å². The molecule has 0 aliphatic rings. The summed E-state index contributed by atoms with van der Waals surface area (Å²) in [6, 6.07) is 0. The maximum absolute atomic E-state index is 12.7. The third kappa shape index (κ3) is 46.1. The average molecular weight is 843 g/mol. The number of carbonyl (C=O) groups excluding carboxylic acids is 1. The van der Waals surface area contributed by atoms with Crippen LogP contribution in [0, 0.1) is 0 Å². The number of quaternary nitrogens is 1. The van der Waals surface area contributed by atoms with Gasteiger partial charge in [0.25, 0.3) is 0 Å². The number of carbonyl (C=O) groups is 1. The van der Waals surface area contributed by atoms with Gasteiger partial charge in [0, 0.05) is 13.0 Å². The van der Waals surface area contributed by atoms with Gasteiger partial charge >= 0.3 is 13.8 Å². The first-order valence-corrected chi connectivity index (χ1v) is 26.1. The van der Waals surface area contributed by atoms with Crippen molar-refractivity contribution in [1.29, 1.82) is 0 Å². The molecular weight excluding hydrogens is 746 g/mol. The van der Waals surface area contributed by atoms with Crippen LogP contribution >= 0.6 is 7.82 Å². The molecule has 0 rings (SSSR count). The van der Waals surface area contributed by atoms with Crippen LogP contribution in [-0.2, 0) is 27.9 Å². The van der Waals surface area contributed by atoms with Crippen molar-refractivity contribution < 1.29 is 37.3 Å². The SMILES string of the molecule is CCCCCCC/C=C\CCCCCCCCOCC(COP(=O)(O)OCC[N+](C)(C)C)OC(=O)CCCCCCCCCCC/C=C\CCCCCCCCCC. The van der Waals surface area contributed by atoms with Crippen molar-refractivity contribution in [3.8, 4) is 0 Å². The average Bonchev–Trinajstić information content (AvgIpc) is 3.18. The van der Waals surface area contributed by atoms with Crippen LogP contribution in [0.3, 0.4) is 0 Å². The van der Waals surface area contributed by atoms with E-state index in [0.29, 0.717) is 24.1 Å². The largest absolute Gasteiger partial charge is 0.472 e. The van der Waals surface area contributed by atoms with Gasteiger partial charge in [-0.05, 0) is 64.2 Å². The minimum atomic E-state index is -4.28. The summed E-state index contributed by atoms with van der Waals surface area (Å²) in [5.74, 6) is -0.315. The maximum atomic E-state index is 12.7. The van der Waals surface area contributed by atoms with Crippen molar-refractivity contribution in [3.05, 3.63) is 24.3 Å². The third-order valence-corrected chi connectivity index (χ3v) is 11.7. The molecule has 0 radical (unpaired) electrons. The summed E-state index contributed by atoms with van der Waals surface area (Å²) >= 11 is 0. The van der Waals surface area contributed by atoms with Crippen LogP contribution in [0.1, 0.15) is 226 Å². The molecule has 2 unspecified atom stereocenters. The van der Waals surface area contributed by atoms with E-state index in [1.165, 1.54) is 173 Å². The Morgan fingerprint density at radius 1 is 0.517 bits per heavy atom. The van der Waals surface area contributed by atoms with Crippen molar-refractivity contribution in [3.63, 3.8) is 0 Å². The fraction of sp³-hybridized carbons (Fsp3) is 0.898. The molecule has 344 valence electrons. The second kappa shape index (κ2) is 42.7. The highest BCUT2D eigenvalue weighted by Gasteiger charge is 2.26. The first kappa shape index (κ1) is 57.0. The van der Waals surface area contributed by atoms with Gasteiger partial charge in [-0.2, -0.15) is 0 Å². The molecule has 0 aromatic carbocycles. The first-order chi connectivity index (χ1) is 28.1. The van der Waals surface area contributed by atoms with Gasteiger partial charge in [-0.25, -0.2) is 4.57 Å². The molecule has 8 nitrogen and oxygen atoms in total. The fourth-order valence-electron chi connectivity index (χ4n) is 6.90. The standard InChI is InChI=1S/C49H96NO7P/c1-6-8-10-12-14-16-18-20-22-23-24-25-26-27-28-30-32-34-36-38-40-42-49(51)57-48(47-56-58(52,53)55-45-43-50(3,4)5)46-54-44-41-39-37-35-33-31-29-21-19-17-15-13-11-9-7-2/h19,21,23-24,48H,6-18,20,22,25-47H2,1-5H3/p+1/b21-19-,24-23-. The molecule has 0 amide bonds. The van der Waals surface area contributed by atoms with Crippen LogP contribution in [0.4, 0.5) is 0 Å². The lowest BCUT2D eigenvalue weighted by Crippen LogP contribution is -2.37. The number of esters is 1. The molecule has 0 saturated heterocycles. The number of ether oxygens (including phenoxy) is 2. The van der Waals surface area contributed by atoms with Crippen LogP contribution in [0.2, 0.25) is 0 Å². The number of phosphoric acid groups is 1. The van der Waals surface area contributed by atoms with Gasteiger partial charge in [0.15, 0.2) is 0 Å². The van der Waals surface area contributed by atoms with Crippen molar-refractivity contribution in [2.24, 2.45) is 0 Å². The maximum Gasteiger partial charge on any atom is 0.472 e. The highest BCUT2D eigenvalue weighted by Crippen LogP contribution is 2.43. The second-order valence-electron chi connectivity index (χ2n) is 17.8. The topological polar surface area (TPSA) is 91.3 Å². The van der Waals surface area contributed by atoms with Crippen LogP contribution in [0.5, 0.6) is 0 Å². The number of hydrogen-bond acceptors (Lipinski definition) is 6. The van der Waals surface area contributed by atoms with Crippen molar-refractivity contribution in [2.45, 2.75) is 232 Å². The van der Waals surface area contributed by atoms with Gasteiger partial charge in [0.1, 0.15) is 19.3 Å². The van der Waals surface area contributed by atoms with E-state index >= 15 is 0 Å². The quantitative estimate of drug-likeness (QED) is 0.0215. The van der Waals surface area contributed by atoms with Crippen molar-refractivity contribution in [2.75, 3.05) is 54.1 Å². The monoisotopic (exact) mass is 843 g/mol. The summed E-state index contributed by atoms with van der Waals surface area (Å²) in [4.78, 5) is 23.0. The van der Waals surface area contributed by atoms with Crippen LogP contribution in [0.15, 0.2) is 24.3 Å². The van der Waals surface area contributed by atoms with Crippen LogP contribution in [0.25, 0.3) is 0 Å². The lowest BCUT2D eigenvalue weighted by molar-refractivity contribution is -0.870. The molecule has 0 aliphatic carbocycles. The molecule has 0 saturated carbocycles. The fourth-order valence-corrected chi connectivity index (χ4v) is 7.64. The summed E-state index contributed by atoms with van der Waals surface area (Å²) in [5, 5.41) is 0. The van der Waals surface area contributed by atoms with Gasteiger partial charge < -0.3 is 18.9 Å². The predicted octanol–water partition coefficient (Wildman–Crippen LogP) is 14.8. The molecule has 58 heavy (non-hydrogen) atoms. The lowest BCUT2D eigenvalue weighted by Gasteiger charge is -2.24. The highest BCUT2D eigenvalue weighted by molar-refractivity contribution is 7.47. The van der Waals surface area contributed by atoms with E-state index in [0.717, 1.165) is 32.1 Å². The molecular formula is C49H97NO7P+. The molecule has 2 atom stereocenters. The van der Waals surface area contributed by atoms with Crippen molar-refractivity contribution >= 4 is 13.8 Å². The Morgan fingerprint density at radius 3 is 1.31 bits per heavy atom. The molecule has 0 aromatic heterocycles. The molecule has 0 aliphatic heterocycles. The second-order valence-corrected chi connectivity index (χ2v) is 19.3. The Bertz CT molecular complexity index is 983. The summed E-state index contributed by atoms with van der Waals surface area (Å²) in [6.45, 7) is 5.63. The van der Waals surface area contributed by atoms with E-state index in [2.05, 4.69) is 38.2 Å². The Labute approximate surface area is 360 Å². The summed E-state index contributed by atoms with van der Waals surface area (Å²) in [5.41, 5.74) is 0. The zero-order chi connectivity index (χ0) is 42.7. The number of hydrogen-bond donors (Lipinski definition) is 1. The summed E-state index contributed by atoms with van der Waals surface area (Å²) in [6.07, 6.45) is 49.3. The zero-order valence-electron chi connectivity index (χ0n) is 39.0. The number of nitrogens with zero attached hydrogens (tertiary/aromatic N) is 1. The molecule has 1 N–H and O–H groups in total. The van der Waals surface area contributed by atoms with Crippen LogP contribution < -0.4 is 0 Å². The predicted molar refractivity (Wildman–Crippen MR) is 247 cm³/mol. The molecule has 0 spiro atoms. The molecule has 9 heteroatoms. The number of allylic oxidation sites excluding steroid dienone is 4. The normalized spacial score (nSPS) is 13.8. The van der Waals surface area contributed by atoms with E-state index in [1.807, 2.05) is 21.1 Å². The molecule has 0 aromatic rings. The Morgan fingerprint density at radius 2 is 0.897 bits per heavy atom. The van der Waals surface area contributed by atoms with Gasteiger partial charge in [-0.15, -0.1) is 0 Å². The van der Waals surface area contributed by atoms with Crippen molar-refractivity contribution in [1.82, 2.24) is 0 Å². The highest BCUT2D eigenvalue weighted by atomic mass is 31.2. The van der Waals surface area contributed by atoms with Gasteiger partial charge in [-0.3, -0.25) is 13.8 Å². The number of likely N-dealkylation sites (N-methyl/N-ethyl adjacent to an activating group) is 1. The van der Waals surface area contributed by atoms with Gasteiger partial charge in [0.2, 0.25) is 0 Å².